The van der Waals surface area contributed by atoms with Crippen molar-refractivity contribution < 1.29 is 90.7 Å². The summed E-state index contributed by atoms with van der Waals surface area (Å²) in [5, 5.41) is 12.6. The Morgan fingerprint density at radius 3 is 0.675 bits per heavy atom. The second-order valence-corrected chi connectivity index (χ2v) is 23.6. The highest BCUT2D eigenvalue weighted by Crippen LogP contribution is 2.13. The first kappa shape index (κ1) is 76.6. The van der Waals surface area contributed by atoms with Crippen LogP contribution in [0.1, 0.15) is 174 Å². The molecule has 0 aromatic heterocycles. The van der Waals surface area contributed by atoms with Crippen molar-refractivity contribution >= 4 is 71.3 Å². The summed E-state index contributed by atoms with van der Waals surface area (Å²) in [7, 11) is 0. The summed E-state index contributed by atoms with van der Waals surface area (Å²) in [6.07, 6.45) is -4.52. The predicted molar refractivity (Wildman–Crippen MR) is 304 cm³/mol. The maximum atomic E-state index is 14.6. The number of esters is 7. The van der Waals surface area contributed by atoms with Crippen molar-refractivity contribution in [1.29, 1.82) is 0 Å². The highest BCUT2D eigenvalue weighted by atomic mass is 16.6. The molecule has 0 saturated carbocycles. The van der Waals surface area contributed by atoms with E-state index in [2.05, 4.69) is 26.6 Å². The van der Waals surface area contributed by atoms with E-state index in [0.29, 0.717) is 0 Å². The Morgan fingerprint density at radius 2 is 0.446 bits per heavy atom. The molecule has 7 N–H and O–H groups in total. The highest BCUT2D eigenvalue weighted by Gasteiger charge is 2.35. The van der Waals surface area contributed by atoms with E-state index >= 15 is 0 Å². The van der Waals surface area contributed by atoms with Crippen LogP contribution in [0, 0.1) is 41.4 Å². The molecule has 25 heteroatoms. The van der Waals surface area contributed by atoms with Gasteiger partial charge in [0.05, 0.1) is 52.3 Å². The third-order valence-corrected chi connectivity index (χ3v) is 11.3. The van der Waals surface area contributed by atoms with Crippen LogP contribution in [0.4, 0.5) is 0 Å². The molecule has 0 aliphatic carbocycles. The quantitative estimate of drug-likeness (QED) is 0.0373. The fourth-order valence-corrected chi connectivity index (χ4v) is 6.75. The number of nitrogens with one attached hydrogen (secondary N) is 5. The lowest BCUT2D eigenvalue weighted by molar-refractivity contribution is -0.151. The maximum Gasteiger partial charge on any atom is 0.328 e. The number of hydrogen-bond acceptors (Lipinski definition) is 20. The van der Waals surface area contributed by atoms with Gasteiger partial charge in [-0.25, -0.2) is 4.79 Å². The van der Waals surface area contributed by atoms with Crippen LogP contribution in [0.25, 0.3) is 0 Å². The smallest absolute Gasteiger partial charge is 0.328 e. The number of ether oxygens (including phenoxy) is 7. The molecule has 0 aliphatic heterocycles. The lowest BCUT2D eigenvalue weighted by Gasteiger charge is -2.27. The lowest BCUT2D eigenvalue weighted by Crippen LogP contribution is -2.59. The van der Waals surface area contributed by atoms with Gasteiger partial charge >= 0.3 is 41.8 Å². The van der Waals surface area contributed by atoms with E-state index in [1.54, 1.807) is 41.5 Å². The van der Waals surface area contributed by atoms with Crippen LogP contribution in [-0.4, -0.2) is 154 Å². The zero-order chi connectivity index (χ0) is 63.4. The minimum absolute atomic E-state index is 0.00944. The molecular formula is C58H100N6O19. The van der Waals surface area contributed by atoms with Gasteiger partial charge in [-0.05, 0) is 80.0 Å². The standard InChI is InChI=1S/C58H100N6O19/c1-34(2)27-77-47(65)21-15-41(59)53(71)60-42(16-22-48(66)78-28-35(3)4)54(72)61-43(17-23-49(67)79-29-36(5)6)55(73)62-44(18-24-50(68)80-30-37(7)8)56(74)63-45(19-25-51(69)81-31-38(9)10)57(75)64-46(58(76)83-33-40(13)14)20-26-52(70)82-32-39(11)12/h34-46H,15-33,59H2,1-14H3,(H,60,71)(H,61,72)(H,62,73)(H,63,74)(H,64,75)/t41-,42-,43-,44-,45-,46-/m0/s1. The van der Waals surface area contributed by atoms with E-state index in [9.17, 15) is 57.5 Å². The molecule has 5 amide bonds. The Balaban J connectivity index is 7.45. The summed E-state index contributed by atoms with van der Waals surface area (Å²) in [6, 6.07) is -9.43. The highest BCUT2D eigenvalue weighted by molar-refractivity contribution is 5.97. The van der Waals surface area contributed by atoms with E-state index in [0.717, 1.165) is 0 Å². The van der Waals surface area contributed by atoms with Gasteiger partial charge in [0.1, 0.15) is 30.2 Å². The van der Waals surface area contributed by atoms with Crippen LogP contribution >= 0.6 is 0 Å². The minimum Gasteiger partial charge on any atom is -0.465 e. The Labute approximate surface area is 490 Å². The van der Waals surface area contributed by atoms with E-state index in [4.69, 9.17) is 38.9 Å². The van der Waals surface area contributed by atoms with Gasteiger partial charge in [-0.1, -0.05) is 96.9 Å². The third kappa shape index (κ3) is 38.9. The van der Waals surface area contributed by atoms with Crippen LogP contribution in [0.15, 0.2) is 0 Å². The summed E-state index contributed by atoms with van der Waals surface area (Å²) in [5.41, 5.74) is 6.15. The Bertz CT molecular complexity index is 2060. The molecule has 0 bridgehead atoms. The van der Waals surface area contributed by atoms with Crippen LogP contribution in [0.3, 0.4) is 0 Å². The summed E-state index contributed by atoms with van der Waals surface area (Å²) < 4.78 is 37.1. The summed E-state index contributed by atoms with van der Waals surface area (Å²) >= 11 is 0. The Kier molecular flexibility index (Phi) is 39.1. The van der Waals surface area contributed by atoms with Crippen molar-refractivity contribution in [3.05, 3.63) is 0 Å². The summed E-state index contributed by atoms with van der Waals surface area (Å²) in [4.78, 5) is 162. The minimum atomic E-state index is -1.72. The van der Waals surface area contributed by atoms with Gasteiger partial charge in [0.25, 0.3) is 0 Å². The van der Waals surface area contributed by atoms with Crippen LogP contribution in [0.5, 0.6) is 0 Å². The average Bonchev–Trinajstić information content (AvgIpc) is 3.49. The second-order valence-electron chi connectivity index (χ2n) is 23.6. The largest absolute Gasteiger partial charge is 0.465 e. The fourth-order valence-electron chi connectivity index (χ4n) is 6.75. The third-order valence-electron chi connectivity index (χ3n) is 11.3. The van der Waals surface area contributed by atoms with E-state index in [-0.39, 0.29) is 120 Å². The van der Waals surface area contributed by atoms with Crippen LogP contribution in [0.2, 0.25) is 0 Å². The molecular weight excluding hydrogens is 1080 g/mol. The normalized spacial score (nSPS) is 13.5. The lowest BCUT2D eigenvalue weighted by atomic mass is 10.0. The molecule has 6 atom stereocenters. The maximum absolute atomic E-state index is 14.6. The first-order valence-corrected chi connectivity index (χ1v) is 29.2. The molecule has 0 rings (SSSR count). The van der Waals surface area contributed by atoms with Crippen molar-refractivity contribution in [3.8, 4) is 0 Å². The average molecular weight is 1190 g/mol. The molecule has 0 fully saturated rings. The zero-order valence-electron chi connectivity index (χ0n) is 51.8. The molecule has 0 heterocycles. The number of rotatable bonds is 43. The van der Waals surface area contributed by atoms with Gasteiger partial charge in [-0.2, -0.15) is 0 Å². The van der Waals surface area contributed by atoms with Gasteiger partial charge in [-0.15, -0.1) is 0 Å². The molecule has 0 saturated heterocycles. The van der Waals surface area contributed by atoms with Gasteiger partial charge in [0.15, 0.2) is 0 Å². The first-order chi connectivity index (χ1) is 38.8. The van der Waals surface area contributed by atoms with E-state index in [1.807, 2.05) is 55.4 Å². The Morgan fingerprint density at radius 1 is 0.265 bits per heavy atom. The summed E-state index contributed by atoms with van der Waals surface area (Å²) in [6.45, 7) is 25.7. The van der Waals surface area contributed by atoms with Crippen molar-refractivity contribution in [2.45, 2.75) is 210 Å². The molecule has 0 unspecified atom stereocenters. The zero-order valence-corrected chi connectivity index (χ0v) is 51.8. The molecule has 25 nitrogen and oxygen atoms in total. The fraction of sp³-hybridized carbons (Fsp3) is 0.793. The van der Waals surface area contributed by atoms with Crippen molar-refractivity contribution in [3.63, 3.8) is 0 Å². The SMILES string of the molecule is CC(C)COC(=O)CC[C@H](NC(=O)[C@H](CCC(=O)OCC(C)C)NC(=O)[C@H](CCC(=O)OCC(C)C)NC(=O)[C@@H](N)CCC(=O)OCC(C)C)C(=O)N[C@@H](CCC(=O)OCC(C)C)C(=O)N[C@@H](CCC(=O)OCC(C)C)C(=O)OCC(C)C. The second kappa shape index (κ2) is 42.4. The molecule has 0 aliphatic rings. The number of carbonyl (C=O) groups excluding carboxylic acids is 12. The van der Waals surface area contributed by atoms with Gasteiger partial charge in [-0.3, -0.25) is 52.7 Å². The first-order valence-electron chi connectivity index (χ1n) is 29.2. The van der Waals surface area contributed by atoms with Crippen LogP contribution in [-0.2, 0) is 90.7 Å². The topological polar surface area (TPSA) is 356 Å². The molecule has 0 aromatic carbocycles. The number of amides is 5. The molecule has 0 radical (unpaired) electrons. The van der Waals surface area contributed by atoms with Gasteiger partial charge in [0.2, 0.25) is 29.5 Å². The van der Waals surface area contributed by atoms with Gasteiger partial charge in [0, 0.05) is 38.5 Å². The van der Waals surface area contributed by atoms with E-state index in [1.165, 1.54) is 0 Å². The van der Waals surface area contributed by atoms with Crippen molar-refractivity contribution in [2.75, 3.05) is 46.2 Å². The van der Waals surface area contributed by atoms with Crippen molar-refractivity contribution in [2.24, 2.45) is 47.2 Å². The van der Waals surface area contributed by atoms with Crippen molar-refractivity contribution in [1.82, 2.24) is 26.6 Å². The molecule has 476 valence electrons. The number of nitrogens with two attached hydrogens (primary N) is 1. The van der Waals surface area contributed by atoms with Crippen LogP contribution < -0.4 is 32.3 Å². The van der Waals surface area contributed by atoms with E-state index < -0.39 is 153 Å². The Hall–Kier alpha value is -6.40. The molecule has 0 spiro atoms. The predicted octanol–water partition coefficient (Wildman–Crippen LogP) is 3.81. The number of hydrogen-bond donors (Lipinski definition) is 6. The number of carbonyl (C=O) groups is 12. The summed E-state index contributed by atoms with van der Waals surface area (Å²) in [5.74, 6) is -10.6. The molecule has 83 heavy (non-hydrogen) atoms. The molecule has 0 aromatic rings. The van der Waals surface area contributed by atoms with Gasteiger partial charge < -0.3 is 65.5 Å². The monoisotopic (exact) mass is 1180 g/mol.